The molecule has 1 aromatic carbocycles. The Morgan fingerprint density at radius 1 is 1.32 bits per heavy atom. The molecule has 0 spiro atoms. The molecule has 0 bridgehead atoms. The summed E-state index contributed by atoms with van der Waals surface area (Å²) in [6.07, 6.45) is 0.108. The Morgan fingerprint density at radius 2 is 2.00 bits per heavy atom. The van der Waals surface area contributed by atoms with Gasteiger partial charge >= 0.3 is 6.09 Å². The number of pyridine rings is 1. The van der Waals surface area contributed by atoms with Gasteiger partial charge in [-0.15, -0.1) is 0 Å². The van der Waals surface area contributed by atoms with Crippen molar-refractivity contribution in [1.82, 2.24) is 10.3 Å². The van der Waals surface area contributed by atoms with E-state index in [2.05, 4.69) is 4.98 Å². The van der Waals surface area contributed by atoms with Crippen LogP contribution in [0.4, 0.5) is 9.18 Å². The van der Waals surface area contributed by atoms with Crippen LogP contribution in [-0.4, -0.2) is 28.1 Å². The maximum atomic E-state index is 12.9. The van der Waals surface area contributed by atoms with Crippen LogP contribution in [-0.2, 0) is 11.4 Å². The fraction of sp³-hybridized carbons (Fsp3) is 0.188. The number of hydrogen-bond acceptors (Lipinski definition) is 7. The highest BCUT2D eigenvalue weighted by molar-refractivity contribution is 5.95. The molecule has 2 rings (SSSR count). The zero-order chi connectivity index (χ0) is 18.4. The largest absolute Gasteiger partial charge is 0.501 e. The van der Waals surface area contributed by atoms with Gasteiger partial charge in [-0.2, -0.15) is 0 Å². The lowest BCUT2D eigenvalue weighted by molar-refractivity contribution is -0.121. The highest BCUT2D eigenvalue weighted by Gasteiger charge is 2.18. The molecule has 132 valence electrons. The molecular weight excluding hydrogens is 333 g/mol. The van der Waals surface area contributed by atoms with Gasteiger partial charge in [0.15, 0.2) is 5.75 Å². The SMILES string of the molecule is C[C@H](N)C(=O)NC(=O)Oc1nccc(OCc2ccc(F)cc2)c1O. The van der Waals surface area contributed by atoms with Crippen LogP contribution in [0.5, 0.6) is 17.4 Å². The molecule has 0 radical (unpaired) electrons. The molecule has 0 aliphatic rings. The molecule has 25 heavy (non-hydrogen) atoms. The fourth-order valence-corrected chi connectivity index (χ4v) is 1.68. The average Bonchev–Trinajstić information content (AvgIpc) is 2.57. The molecule has 2 amide bonds. The second-order valence-corrected chi connectivity index (χ2v) is 5.05. The summed E-state index contributed by atoms with van der Waals surface area (Å²) in [5.41, 5.74) is 5.97. The van der Waals surface area contributed by atoms with Gasteiger partial charge in [0.2, 0.25) is 11.7 Å². The minimum Gasteiger partial charge on any atom is -0.501 e. The summed E-state index contributed by atoms with van der Waals surface area (Å²) in [5, 5.41) is 11.9. The Hall–Kier alpha value is -3.20. The van der Waals surface area contributed by atoms with Crippen LogP contribution in [0.25, 0.3) is 0 Å². The van der Waals surface area contributed by atoms with Crippen molar-refractivity contribution >= 4 is 12.0 Å². The van der Waals surface area contributed by atoms with Crippen molar-refractivity contribution < 1.29 is 28.6 Å². The van der Waals surface area contributed by atoms with Crippen LogP contribution >= 0.6 is 0 Å². The van der Waals surface area contributed by atoms with E-state index < -0.39 is 29.7 Å². The summed E-state index contributed by atoms with van der Waals surface area (Å²) in [4.78, 5) is 26.6. The highest BCUT2D eigenvalue weighted by Crippen LogP contribution is 2.34. The molecule has 1 atom stereocenters. The predicted molar refractivity (Wildman–Crippen MR) is 84.4 cm³/mol. The number of ether oxygens (including phenoxy) is 2. The first kappa shape index (κ1) is 18.1. The summed E-state index contributed by atoms with van der Waals surface area (Å²) in [7, 11) is 0. The van der Waals surface area contributed by atoms with E-state index >= 15 is 0 Å². The Kier molecular flexibility index (Phi) is 5.85. The molecule has 0 saturated heterocycles. The van der Waals surface area contributed by atoms with E-state index in [1.165, 1.54) is 43.5 Å². The topological polar surface area (TPSA) is 124 Å². The third kappa shape index (κ3) is 5.15. The van der Waals surface area contributed by atoms with Crippen molar-refractivity contribution in [2.45, 2.75) is 19.6 Å². The average molecular weight is 349 g/mol. The molecule has 9 heteroatoms. The number of carbonyl (C=O) groups is 2. The molecule has 0 aliphatic carbocycles. The van der Waals surface area contributed by atoms with Crippen molar-refractivity contribution in [2.24, 2.45) is 5.73 Å². The standard InChI is InChI=1S/C16H16FN3O5/c1-9(18)14(22)20-16(23)25-15-13(21)12(6-7-19-15)24-8-10-2-4-11(17)5-3-10/h2-7,9,21H,8,18H2,1H3,(H,20,22,23)/t9-/m0/s1. The van der Waals surface area contributed by atoms with Gasteiger partial charge in [-0.25, -0.2) is 14.2 Å². The van der Waals surface area contributed by atoms with E-state index in [1.807, 2.05) is 5.32 Å². The van der Waals surface area contributed by atoms with Crippen molar-refractivity contribution in [3.8, 4) is 17.4 Å². The maximum Gasteiger partial charge on any atom is 0.420 e. The van der Waals surface area contributed by atoms with E-state index in [4.69, 9.17) is 15.2 Å². The Bertz CT molecular complexity index is 765. The third-order valence-electron chi connectivity index (χ3n) is 2.99. The van der Waals surface area contributed by atoms with Crippen LogP contribution in [0.3, 0.4) is 0 Å². The number of amides is 2. The third-order valence-corrected chi connectivity index (χ3v) is 2.99. The molecule has 0 unspecified atom stereocenters. The molecule has 0 aliphatic heterocycles. The fourth-order valence-electron chi connectivity index (χ4n) is 1.68. The van der Waals surface area contributed by atoms with Crippen LogP contribution in [0, 0.1) is 5.82 Å². The summed E-state index contributed by atoms with van der Waals surface area (Å²) >= 11 is 0. The Labute approximate surface area is 142 Å². The van der Waals surface area contributed by atoms with E-state index in [-0.39, 0.29) is 18.2 Å². The van der Waals surface area contributed by atoms with E-state index in [0.29, 0.717) is 5.56 Å². The first-order valence-electron chi connectivity index (χ1n) is 7.20. The molecule has 1 heterocycles. The van der Waals surface area contributed by atoms with Gasteiger partial charge in [0.25, 0.3) is 5.88 Å². The number of halogens is 1. The normalized spacial score (nSPS) is 11.5. The number of carbonyl (C=O) groups excluding carboxylic acids is 2. The number of nitrogens with two attached hydrogens (primary N) is 1. The quantitative estimate of drug-likeness (QED) is 0.746. The first-order valence-corrected chi connectivity index (χ1v) is 7.20. The lowest BCUT2D eigenvalue weighted by Gasteiger charge is -2.11. The van der Waals surface area contributed by atoms with E-state index in [9.17, 15) is 19.1 Å². The number of imide groups is 1. The molecular formula is C16H16FN3O5. The van der Waals surface area contributed by atoms with Crippen molar-refractivity contribution in [3.63, 3.8) is 0 Å². The number of rotatable bonds is 5. The van der Waals surface area contributed by atoms with Gasteiger partial charge in [0.05, 0.1) is 6.04 Å². The number of nitrogens with one attached hydrogen (secondary N) is 1. The minimum atomic E-state index is -1.14. The molecule has 2 aromatic rings. The maximum absolute atomic E-state index is 12.9. The van der Waals surface area contributed by atoms with Gasteiger partial charge in [-0.3, -0.25) is 10.1 Å². The first-order chi connectivity index (χ1) is 11.9. The van der Waals surface area contributed by atoms with Crippen LogP contribution in [0.2, 0.25) is 0 Å². The molecule has 4 N–H and O–H groups in total. The van der Waals surface area contributed by atoms with Gasteiger partial charge in [0.1, 0.15) is 12.4 Å². The summed E-state index contributed by atoms with van der Waals surface area (Å²) in [5.74, 6) is -2.08. The van der Waals surface area contributed by atoms with Crippen LogP contribution < -0.4 is 20.5 Å². The lowest BCUT2D eigenvalue weighted by Crippen LogP contribution is -2.42. The zero-order valence-corrected chi connectivity index (χ0v) is 13.2. The lowest BCUT2D eigenvalue weighted by atomic mass is 10.2. The smallest absolute Gasteiger partial charge is 0.420 e. The number of aromatic nitrogens is 1. The van der Waals surface area contributed by atoms with Gasteiger partial charge in [-0.1, -0.05) is 12.1 Å². The highest BCUT2D eigenvalue weighted by atomic mass is 19.1. The van der Waals surface area contributed by atoms with Gasteiger partial charge in [-0.05, 0) is 24.6 Å². The monoisotopic (exact) mass is 349 g/mol. The number of nitrogens with zero attached hydrogens (tertiary/aromatic N) is 1. The second-order valence-electron chi connectivity index (χ2n) is 5.05. The van der Waals surface area contributed by atoms with E-state index in [0.717, 1.165) is 0 Å². The van der Waals surface area contributed by atoms with E-state index in [1.54, 1.807) is 0 Å². The van der Waals surface area contributed by atoms with Crippen LogP contribution in [0.15, 0.2) is 36.5 Å². The molecule has 0 fully saturated rings. The van der Waals surface area contributed by atoms with Crippen molar-refractivity contribution in [3.05, 3.63) is 47.9 Å². The summed E-state index contributed by atoms with van der Waals surface area (Å²) < 4.78 is 23.0. The number of hydrogen-bond donors (Lipinski definition) is 3. The number of benzene rings is 1. The van der Waals surface area contributed by atoms with Crippen LogP contribution in [0.1, 0.15) is 12.5 Å². The summed E-state index contributed by atoms with van der Waals surface area (Å²) in [6, 6.07) is 6.06. The second kappa shape index (κ2) is 8.06. The van der Waals surface area contributed by atoms with Crippen molar-refractivity contribution in [1.29, 1.82) is 0 Å². The molecule has 1 aromatic heterocycles. The molecule has 0 saturated carbocycles. The van der Waals surface area contributed by atoms with Gasteiger partial charge < -0.3 is 20.3 Å². The zero-order valence-electron chi connectivity index (χ0n) is 13.2. The molecule has 8 nitrogen and oxygen atoms in total. The Balaban J connectivity index is 2.02. The summed E-state index contributed by atoms with van der Waals surface area (Å²) in [6.45, 7) is 1.44. The predicted octanol–water partition coefficient (Wildman–Crippen LogP) is 1.47. The van der Waals surface area contributed by atoms with Crippen molar-refractivity contribution in [2.75, 3.05) is 0 Å². The minimum absolute atomic E-state index is 0.000597. The Morgan fingerprint density at radius 3 is 2.64 bits per heavy atom. The number of aromatic hydroxyl groups is 1. The van der Waals surface area contributed by atoms with Gasteiger partial charge in [0, 0.05) is 12.3 Å².